The van der Waals surface area contributed by atoms with Crippen molar-refractivity contribution in [2.75, 3.05) is 12.4 Å². The maximum atomic E-state index is 5.20. The molecule has 0 atom stereocenters. The molecule has 2 aromatic carbocycles. The Labute approximate surface area is 111 Å². The molecule has 0 aliphatic heterocycles. The zero-order valence-electron chi connectivity index (χ0n) is 10.7. The zero-order chi connectivity index (χ0) is 13.1. The van der Waals surface area contributed by atoms with Crippen molar-refractivity contribution < 1.29 is 4.74 Å². The predicted molar refractivity (Wildman–Crippen MR) is 76.4 cm³/mol. The summed E-state index contributed by atoms with van der Waals surface area (Å²) in [7, 11) is 1.66. The minimum absolute atomic E-state index is 0.668. The van der Waals surface area contributed by atoms with E-state index in [0.717, 1.165) is 28.3 Å². The number of hydrogen-bond donors (Lipinski definition) is 2. The van der Waals surface area contributed by atoms with Crippen LogP contribution in [0.1, 0.15) is 5.82 Å². The molecule has 0 unspecified atom stereocenters. The molecular formula is C15H15N3O. The van der Waals surface area contributed by atoms with Crippen molar-refractivity contribution >= 4 is 16.7 Å². The van der Waals surface area contributed by atoms with Gasteiger partial charge in [0.25, 0.3) is 0 Å². The molecule has 3 aromatic rings. The number of fused-ring (bicyclic) bond motifs is 1. The fourth-order valence-electron chi connectivity index (χ4n) is 1.99. The number of aromatic amines is 1. The zero-order valence-corrected chi connectivity index (χ0v) is 10.7. The molecule has 0 saturated carbocycles. The van der Waals surface area contributed by atoms with E-state index in [1.165, 1.54) is 0 Å². The van der Waals surface area contributed by atoms with E-state index in [1.54, 1.807) is 7.11 Å². The molecule has 96 valence electrons. The van der Waals surface area contributed by atoms with Gasteiger partial charge in [-0.25, -0.2) is 4.98 Å². The Morgan fingerprint density at radius 1 is 1.16 bits per heavy atom. The van der Waals surface area contributed by atoms with Gasteiger partial charge in [0, 0.05) is 11.8 Å². The van der Waals surface area contributed by atoms with Gasteiger partial charge in [0.1, 0.15) is 11.6 Å². The first-order valence-corrected chi connectivity index (χ1v) is 6.17. The molecule has 1 heterocycles. The number of nitrogens with zero attached hydrogens (tertiary/aromatic N) is 1. The quantitative estimate of drug-likeness (QED) is 0.750. The lowest BCUT2D eigenvalue weighted by atomic mass is 10.3. The van der Waals surface area contributed by atoms with Crippen molar-refractivity contribution in [3.05, 3.63) is 54.4 Å². The van der Waals surface area contributed by atoms with Gasteiger partial charge in [0.15, 0.2) is 0 Å². The third-order valence-electron chi connectivity index (χ3n) is 2.97. The molecule has 0 spiro atoms. The van der Waals surface area contributed by atoms with Gasteiger partial charge < -0.3 is 15.0 Å². The second-order valence-electron chi connectivity index (χ2n) is 4.29. The van der Waals surface area contributed by atoms with Crippen LogP contribution in [0.2, 0.25) is 0 Å². The largest absolute Gasteiger partial charge is 0.497 e. The van der Waals surface area contributed by atoms with Gasteiger partial charge in [-0.05, 0) is 24.3 Å². The number of benzene rings is 2. The molecule has 0 bridgehead atoms. The van der Waals surface area contributed by atoms with Gasteiger partial charge in [-0.3, -0.25) is 0 Å². The van der Waals surface area contributed by atoms with E-state index in [0.29, 0.717) is 6.54 Å². The van der Waals surface area contributed by atoms with Crippen LogP contribution in [0, 0.1) is 0 Å². The van der Waals surface area contributed by atoms with E-state index < -0.39 is 0 Å². The van der Waals surface area contributed by atoms with Crippen LogP contribution < -0.4 is 10.1 Å². The van der Waals surface area contributed by atoms with Crippen LogP contribution in [0.25, 0.3) is 11.0 Å². The number of para-hydroxylation sites is 1. The number of imidazole rings is 1. The Hall–Kier alpha value is -2.49. The average molecular weight is 253 g/mol. The summed E-state index contributed by atoms with van der Waals surface area (Å²) in [6.07, 6.45) is 0. The lowest BCUT2D eigenvalue weighted by molar-refractivity contribution is 0.415. The van der Waals surface area contributed by atoms with E-state index in [4.69, 9.17) is 4.74 Å². The van der Waals surface area contributed by atoms with E-state index in [-0.39, 0.29) is 0 Å². The monoisotopic (exact) mass is 253 g/mol. The van der Waals surface area contributed by atoms with Crippen LogP contribution in [0.5, 0.6) is 5.75 Å². The SMILES string of the molecule is COc1ccc2nc(CNc3ccccc3)[nH]c2c1. The van der Waals surface area contributed by atoms with Crippen LogP contribution in [-0.2, 0) is 6.54 Å². The fourth-order valence-corrected chi connectivity index (χ4v) is 1.99. The Morgan fingerprint density at radius 2 is 2.00 bits per heavy atom. The van der Waals surface area contributed by atoms with Crippen LogP contribution in [0.3, 0.4) is 0 Å². The summed E-state index contributed by atoms with van der Waals surface area (Å²) in [5.41, 5.74) is 3.02. The molecule has 0 fully saturated rings. The lowest BCUT2D eigenvalue weighted by Crippen LogP contribution is -2.00. The van der Waals surface area contributed by atoms with Gasteiger partial charge in [-0.15, -0.1) is 0 Å². The van der Waals surface area contributed by atoms with Crippen molar-refractivity contribution in [1.82, 2.24) is 9.97 Å². The molecule has 0 amide bonds. The topological polar surface area (TPSA) is 49.9 Å². The summed E-state index contributed by atoms with van der Waals surface area (Å²) in [5, 5.41) is 3.33. The lowest BCUT2D eigenvalue weighted by Gasteiger charge is -2.02. The van der Waals surface area contributed by atoms with E-state index >= 15 is 0 Å². The van der Waals surface area contributed by atoms with Crippen molar-refractivity contribution in [3.8, 4) is 5.75 Å². The molecule has 2 N–H and O–H groups in total. The molecule has 0 aliphatic rings. The third-order valence-corrected chi connectivity index (χ3v) is 2.97. The minimum Gasteiger partial charge on any atom is -0.497 e. The number of ether oxygens (including phenoxy) is 1. The third kappa shape index (κ3) is 2.52. The first-order valence-electron chi connectivity index (χ1n) is 6.17. The van der Waals surface area contributed by atoms with Gasteiger partial charge in [0.2, 0.25) is 0 Å². The van der Waals surface area contributed by atoms with Crippen molar-refractivity contribution in [3.63, 3.8) is 0 Å². The molecule has 1 aromatic heterocycles. The number of nitrogens with one attached hydrogen (secondary N) is 2. The number of anilines is 1. The fraction of sp³-hybridized carbons (Fsp3) is 0.133. The second-order valence-corrected chi connectivity index (χ2v) is 4.29. The van der Waals surface area contributed by atoms with Crippen LogP contribution in [0.15, 0.2) is 48.5 Å². The van der Waals surface area contributed by atoms with Gasteiger partial charge in [0.05, 0.1) is 24.7 Å². The van der Waals surface area contributed by atoms with Gasteiger partial charge in [-0.1, -0.05) is 18.2 Å². The Balaban J connectivity index is 1.78. The Kier molecular flexibility index (Phi) is 3.06. The second kappa shape index (κ2) is 5.02. The first kappa shape index (κ1) is 11.6. The van der Waals surface area contributed by atoms with Gasteiger partial charge in [-0.2, -0.15) is 0 Å². The summed E-state index contributed by atoms with van der Waals surface area (Å²) in [4.78, 5) is 7.82. The number of hydrogen-bond acceptors (Lipinski definition) is 3. The minimum atomic E-state index is 0.668. The summed E-state index contributed by atoms with van der Waals surface area (Å²) in [6.45, 7) is 0.668. The molecule has 0 radical (unpaired) electrons. The van der Waals surface area contributed by atoms with Crippen molar-refractivity contribution in [1.29, 1.82) is 0 Å². The highest BCUT2D eigenvalue weighted by Gasteiger charge is 2.03. The highest BCUT2D eigenvalue weighted by molar-refractivity contribution is 5.76. The first-order chi connectivity index (χ1) is 9.35. The molecule has 3 rings (SSSR count). The average Bonchev–Trinajstić information content (AvgIpc) is 2.88. The number of aromatic nitrogens is 2. The molecule has 4 nitrogen and oxygen atoms in total. The number of methoxy groups -OCH3 is 1. The molecule has 0 saturated heterocycles. The summed E-state index contributed by atoms with van der Waals surface area (Å²) in [5.74, 6) is 1.74. The smallest absolute Gasteiger partial charge is 0.126 e. The van der Waals surface area contributed by atoms with Gasteiger partial charge >= 0.3 is 0 Å². The van der Waals surface area contributed by atoms with Crippen molar-refractivity contribution in [2.24, 2.45) is 0 Å². The summed E-state index contributed by atoms with van der Waals surface area (Å²) < 4.78 is 5.20. The number of H-pyrrole nitrogens is 1. The Morgan fingerprint density at radius 3 is 2.79 bits per heavy atom. The standard InChI is InChI=1S/C15H15N3O/c1-19-12-7-8-13-14(9-12)18-15(17-13)10-16-11-5-3-2-4-6-11/h2-9,16H,10H2,1H3,(H,17,18). The van der Waals surface area contributed by atoms with E-state index in [9.17, 15) is 0 Å². The van der Waals surface area contributed by atoms with Crippen molar-refractivity contribution in [2.45, 2.75) is 6.54 Å². The molecule has 4 heteroatoms. The van der Waals surface area contributed by atoms with Crippen LogP contribution >= 0.6 is 0 Å². The van der Waals surface area contributed by atoms with E-state index in [1.807, 2.05) is 48.5 Å². The molecule has 19 heavy (non-hydrogen) atoms. The Bertz CT molecular complexity index is 676. The summed E-state index contributed by atoms with van der Waals surface area (Å²) in [6, 6.07) is 15.9. The normalized spacial score (nSPS) is 10.6. The van der Waals surface area contributed by atoms with Crippen LogP contribution in [-0.4, -0.2) is 17.1 Å². The highest BCUT2D eigenvalue weighted by atomic mass is 16.5. The maximum absolute atomic E-state index is 5.20. The molecule has 0 aliphatic carbocycles. The number of rotatable bonds is 4. The van der Waals surface area contributed by atoms with Crippen LogP contribution in [0.4, 0.5) is 5.69 Å². The molecular weight excluding hydrogens is 238 g/mol. The maximum Gasteiger partial charge on any atom is 0.126 e. The van der Waals surface area contributed by atoms with E-state index in [2.05, 4.69) is 15.3 Å². The summed E-state index contributed by atoms with van der Waals surface area (Å²) >= 11 is 0. The highest BCUT2D eigenvalue weighted by Crippen LogP contribution is 2.19. The predicted octanol–water partition coefficient (Wildman–Crippen LogP) is 3.18.